The van der Waals surface area contributed by atoms with Crippen LogP contribution in [0.2, 0.25) is 0 Å². The number of phosphoric acid groups is 1. The van der Waals surface area contributed by atoms with Crippen molar-refractivity contribution in [3.05, 3.63) is 0 Å². The predicted molar refractivity (Wildman–Crippen MR) is 34.1 cm³/mol. The van der Waals surface area contributed by atoms with E-state index in [1.165, 1.54) is 0 Å². The largest absolute Gasteiger partial charge is 2.00 e. The zero-order valence-electron chi connectivity index (χ0n) is 5.45. The molecule has 0 atom stereocenters. The van der Waals surface area contributed by atoms with Gasteiger partial charge in [0.1, 0.15) is 0 Å². The van der Waals surface area contributed by atoms with Crippen LogP contribution in [0.15, 0.2) is 0 Å². The molecule has 0 bridgehead atoms. The molecule has 0 radical (unpaired) electrons. The Kier molecular flexibility index (Phi) is 17.0. The van der Waals surface area contributed by atoms with Gasteiger partial charge in [0.15, 0.2) is 0 Å². The maximum absolute atomic E-state index is 8.88. The Morgan fingerprint density at radius 3 is 1.08 bits per heavy atom. The van der Waals surface area contributed by atoms with Crippen molar-refractivity contribution in [1.82, 2.24) is 0 Å². The zero-order valence-corrected chi connectivity index (χ0v) is 9.36. The first-order chi connectivity index (χ1) is 4.00. The molecule has 5 N–H and O–H groups in total. The van der Waals surface area contributed by atoms with Gasteiger partial charge in [-0.1, -0.05) is 0 Å². The molecule has 0 saturated carbocycles. The summed E-state index contributed by atoms with van der Waals surface area (Å²) in [4.78, 5) is 21.6. The number of hydrogen-bond donors (Lipinski definition) is 3. The fourth-order valence-electron chi connectivity index (χ4n) is 0. The van der Waals surface area contributed by atoms with Gasteiger partial charge in [0.25, 0.3) is 0 Å². The molecule has 0 heterocycles. The van der Waals surface area contributed by atoms with E-state index >= 15 is 0 Å². The molecule has 0 aromatic heterocycles. The first-order valence-corrected chi connectivity index (χ1v) is 4.35. The summed E-state index contributed by atoms with van der Waals surface area (Å²) in [6, 6.07) is 0. The third-order valence-corrected chi connectivity index (χ3v) is 0. The number of hydrogen-bond acceptors (Lipinski definition) is 5. The van der Waals surface area contributed by atoms with E-state index in [0.717, 1.165) is 0 Å². The number of rotatable bonds is 0. The Balaban J connectivity index is -0.0000000457. The second-order valence-electron chi connectivity index (χ2n) is 0.922. The van der Waals surface area contributed by atoms with Crippen molar-refractivity contribution in [3.63, 3.8) is 0 Å². The average Bonchev–Trinajstić information content (AvgIpc) is 1.12. The van der Waals surface area contributed by atoms with Crippen molar-refractivity contribution >= 4 is 56.0 Å². The molecule has 0 aliphatic rings. The molecule has 0 aromatic rings. The van der Waals surface area contributed by atoms with Crippen LogP contribution in [-0.4, -0.2) is 75.4 Å². The minimum absolute atomic E-state index is 0. The Bertz CT molecular complexity index is 192. The summed E-state index contributed by atoms with van der Waals surface area (Å²) in [5.74, 6) is 0. The summed E-state index contributed by atoms with van der Waals surface area (Å²) in [6.07, 6.45) is 0. The zero-order chi connectivity index (χ0) is 9.00. The van der Waals surface area contributed by atoms with E-state index in [1.54, 1.807) is 0 Å². The molecular weight excluding hydrogens is 247 g/mol. The monoisotopic (exact) mass is 252 g/mol. The van der Waals surface area contributed by atoms with Crippen LogP contribution >= 0.6 is 7.82 Å². The minimum atomic E-state index is -5.17. The molecule has 72 valence electrons. The van der Waals surface area contributed by atoms with Crippen molar-refractivity contribution in [1.29, 1.82) is 0 Å². The summed E-state index contributed by atoms with van der Waals surface area (Å²) < 4.78 is 43.0. The van der Waals surface area contributed by atoms with E-state index in [2.05, 4.69) is 0 Å². The van der Waals surface area contributed by atoms with Crippen molar-refractivity contribution in [2.24, 2.45) is 0 Å². The van der Waals surface area contributed by atoms with E-state index < -0.39 is 18.2 Å². The van der Waals surface area contributed by atoms with E-state index in [0.29, 0.717) is 0 Å². The molecule has 0 unspecified atom stereocenters. The van der Waals surface area contributed by atoms with Crippen LogP contribution in [0.4, 0.5) is 0 Å². The molecule has 0 spiro atoms. The molecule has 12 heavy (non-hydrogen) atoms. The van der Waals surface area contributed by atoms with Crippen LogP contribution in [0.1, 0.15) is 0 Å². The second-order valence-corrected chi connectivity index (χ2v) is 2.76. The second kappa shape index (κ2) is 8.78. The quantitative estimate of drug-likeness (QED) is 0.171. The molecular formula is H5CaO9PS. The first-order valence-electron chi connectivity index (χ1n) is 1.45. The van der Waals surface area contributed by atoms with Gasteiger partial charge < -0.3 is 29.3 Å². The standard InChI is InChI=1S/Ca.H3O4P.H2O4S.H2O/c;2*1-5(2,3)4;/h;(H3,1,2,3,4);(H2,1,2,3,4);1H2/q+2;;;/p-2. The topological polar surface area (TPSA) is 190 Å². The van der Waals surface area contributed by atoms with Crippen molar-refractivity contribution < 1.29 is 42.2 Å². The van der Waals surface area contributed by atoms with Gasteiger partial charge in [-0.05, 0) is 0 Å². The maximum Gasteiger partial charge on any atom is 2.00 e. The SMILES string of the molecule is O.O=P(O)(O)O.O=S(=O)([O-])[O-].[Ca+2]. The smallest absolute Gasteiger partial charge is 0.759 e. The van der Waals surface area contributed by atoms with Gasteiger partial charge in [0, 0.05) is 10.4 Å². The van der Waals surface area contributed by atoms with Gasteiger partial charge in [-0.15, -0.1) is 0 Å². The summed E-state index contributed by atoms with van der Waals surface area (Å²) in [7, 11) is -9.81. The first kappa shape index (κ1) is 23.2. The fraction of sp³-hybridized carbons (Fsp3) is 0. The van der Waals surface area contributed by atoms with Gasteiger partial charge in [0.2, 0.25) is 0 Å². The molecule has 0 aliphatic heterocycles. The van der Waals surface area contributed by atoms with Crippen molar-refractivity contribution in [2.45, 2.75) is 0 Å². The van der Waals surface area contributed by atoms with E-state index in [1.807, 2.05) is 0 Å². The Morgan fingerprint density at radius 2 is 1.08 bits per heavy atom. The third-order valence-electron chi connectivity index (χ3n) is 0. The van der Waals surface area contributed by atoms with Gasteiger partial charge in [-0.25, -0.2) is 4.57 Å². The van der Waals surface area contributed by atoms with E-state index in [4.69, 9.17) is 36.8 Å². The van der Waals surface area contributed by atoms with Crippen LogP contribution in [-0.2, 0) is 15.0 Å². The Hall–Kier alpha value is 1.20. The third kappa shape index (κ3) is 809. The molecule has 12 heteroatoms. The average molecular weight is 252 g/mol. The predicted octanol–water partition coefficient (Wildman–Crippen LogP) is -3.47. The summed E-state index contributed by atoms with van der Waals surface area (Å²) in [5.41, 5.74) is 0. The van der Waals surface area contributed by atoms with Crippen LogP contribution < -0.4 is 0 Å². The molecule has 0 aliphatic carbocycles. The molecule has 0 amide bonds. The molecule has 0 aromatic carbocycles. The maximum atomic E-state index is 8.88. The molecule has 0 fully saturated rings. The van der Waals surface area contributed by atoms with Gasteiger partial charge in [0.05, 0.1) is 0 Å². The summed E-state index contributed by atoms with van der Waals surface area (Å²) in [6.45, 7) is 0. The fourth-order valence-corrected chi connectivity index (χ4v) is 0. The Morgan fingerprint density at radius 1 is 1.08 bits per heavy atom. The van der Waals surface area contributed by atoms with Gasteiger partial charge in [-0.3, -0.25) is 8.42 Å². The van der Waals surface area contributed by atoms with Crippen molar-refractivity contribution in [3.8, 4) is 0 Å². The normalized spacial score (nSPS) is 9.75. The van der Waals surface area contributed by atoms with Crippen LogP contribution in [0.3, 0.4) is 0 Å². The Labute approximate surface area is 97.5 Å². The summed E-state index contributed by atoms with van der Waals surface area (Å²) in [5, 5.41) is 0. The van der Waals surface area contributed by atoms with Crippen molar-refractivity contribution in [2.75, 3.05) is 0 Å². The summed E-state index contributed by atoms with van der Waals surface area (Å²) >= 11 is 0. The van der Waals surface area contributed by atoms with Crippen LogP contribution in [0.5, 0.6) is 0 Å². The van der Waals surface area contributed by atoms with Gasteiger partial charge in [-0.2, -0.15) is 0 Å². The van der Waals surface area contributed by atoms with Gasteiger partial charge >= 0.3 is 45.6 Å². The molecule has 0 rings (SSSR count). The van der Waals surface area contributed by atoms with E-state index in [-0.39, 0.29) is 43.2 Å². The van der Waals surface area contributed by atoms with Crippen LogP contribution in [0, 0.1) is 0 Å². The minimum Gasteiger partial charge on any atom is -0.759 e. The molecule has 9 nitrogen and oxygen atoms in total. The van der Waals surface area contributed by atoms with E-state index in [9.17, 15) is 0 Å². The van der Waals surface area contributed by atoms with Crippen LogP contribution in [0.25, 0.3) is 0 Å². The molecule has 0 saturated heterocycles.